The first-order valence-electron chi connectivity index (χ1n) is 7.98. The van der Waals surface area contributed by atoms with Gasteiger partial charge in [0.2, 0.25) is 6.79 Å². The summed E-state index contributed by atoms with van der Waals surface area (Å²) in [6.45, 7) is 3.08. The quantitative estimate of drug-likeness (QED) is 0.875. The van der Waals surface area contributed by atoms with Crippen molar-refractivity contribution in [3.8, 4) is 11.5 Å². The molecule has 130 valence electrons. The maximum absolute atomic E-state index is 12.8. The second kappa shape index (κ2) is 6.21. The fraction of sp³-hybridized carbons (Fsp3) is 0.353. The minimum absolute atomic E-state index is 0.117. The number of hydrogen-bond acceptors (Lipinski definition) is 6. The molecule has 0 bridgehead atoms. The number of aromatic nitrogens is 2. The fourth-order valence-electron chi connectivity index (χ4n) is 2.99. The average molecular weight is 343 g/mol. The molecule has 1 fully saturated rings. The number of H-pyrrole nitrogens is 1. The molecule has 2 aliphatic heterocycles. The summed E-state index contributed by atoms with van der Waals surface area (Å²) < 4.78 is 16.3. The van der Waals surface area contributed by atoms with Crippen LogP contribution in [0.3, 0.4) is 0 Å². The summed E-state index contributed by atoms with van der Waals surface area (Å²) in [6.07, 6.45) is -0.423. The van der Waals surface area contributed by atoms with Gasteiger partial charge >= 0.3 is 0 Å². The Morgan fingerprint density at radius 2 is 2.12 bits per heavy atom. The lowest BCUT2D eigenvalue weighted by atomic mass is 10.1. The van der Waals surface area contributed by atoms with Gasteiger partial charge in [-0.05, 0) is 25.1 Å². The number of carbonyl (C=O) groups excluding carboxylic acids is 1. The van der Waals surface area contributed by atoms with Crippen molar-refractivity contribution < 1.29 is 19.0 Å². The summed E-state index contributed by atoms with van der Waals surface area (Å²) >= 11 is 0. The van der Waals surface area contributed by atoms with Gasteiger partial charge in [0.15, 0.2) is 11.5 Å². The third kappa shape index (κ3) is 3.08. The van der Waals surface area contributed by atoms with E-state index in [0.29, 0.717) is 48.3 Å². The predicted octanol–water partition coefficient (Wildman–Crippen LogP) is 1.02. The summed E-state index contributed by atoms with van der Waals surface area (Å²) in [5, 5.41) is 0. The lowest BCUT2D eigenvalue weighted by molar-refractivity contribution is -0.0249. The van der Waals surface area contributed by atoms with Crippen LogP contribution < -0.4 is 15.0 Å². The number of ether oxygens (including phenoxy) is 3. The van der Waals surface area contributed by atoms with E-state index in [0.717, 1.165) is 0 Å². The van der Waals surface area contributed by atoms with Gasteiger partial charge in [-0.2, -0.15) is 0 Å². The van der Waals surface area contributed by atoms with E-state index in [1.807, 2.05) is 0 Å². The Bertz CT molecular complexity index is 879. The summed E-state index contributed by atoms with van der Waals surface area (Å²) in [6, 6.07) is 6.54. The zero-order valence-electron chi connectivity index (χ0n) is 13.7. The van der Waals surface area contributed by atoms with Gasteiger partial charge in [-0.15, -0.1) is 0 Å². The van der Waals surface area contributed by atoms with Gasteiger partial charge in [-0.3, -0.25) is 9.59 Å². The van der Waals surface area contributed by atoms with Crippen LogP contribution in [0.4, 0.5) is 0 Å². The van der Waals surface area contributed by atoms with E-state index in [2.05, 4.69) is 9.97 Å². The first-order valence-corrected chi connectivity index (χ1v) is 7.98. The molecule has 3 heterocycles. The molecular formula is C17H17N3O5. The SMILES string of the molecule is Cc1nc([C@H]2CN(C(=O)c3ccc4c(c3)OCO4)CCO2)cc(=O)[nH]1. The van der Waals surface area contributed by atoms with E-state index < -0.39 is 6.10 Å². The highest BCUT2D eigenvalue weighted by Gasteiger charge is 2.28. The minimum Gasteiger partial charge on any atom is -0.454 e. The third-order valence-electron chi connectivity index (χ3n) is 4.18. The van der Waals surface area contributed by atoms with Crippen LogP contribution in [0, 0.1) is 6.92 Å². The van der Waals surface area contributed by atoms with Crippen LogP contribution in [0.2, 0.25) is 0 Å². The molecule has 8 nitrogen and oxygen atoms in total. The molecule has 0 spiro atoms. The normalized spacial score (nSPS) is 19.1. The summed E-state index contributed by atoms with van der Waals surface area (Å²) in [4.78, 5) is 33.1. The van der Waals surface area contributed by atoms with E-state index >= 15 is 0 Å². The Morgan fingerprint density at radius 3 is 2.96 bits per heavy atom. The Morgan fingerprint density at radius 1 is 1.28 bits per heavy atom. The van der Waals surface area contributed by atoms with E-state index in [1.54, 1.807) is 30.0 Å². The zero-order valence-corrected chi connectivity index (χ0v) is 13.7. The minimum atomic E-state index is -0.423. The Hall–Kier alpha value is -2.87. The molecule has 1 amide bonds. The number of morpholine rings is 1. The smallest absolute Gasteiger partial charge is 0.254 e. The monoisotopic (exact) mass is 343 g/mol. The predicted molar refractivity (Wildman–Crippen MR) is 86.8 cm³/mol. The van der Waals surface area contributed by atoms with E-state index in [9.17, 15) is 9.59 Å². The number of fused-ring (bicyclic) bond motifs is 1. The molecule has 1 aromatic carbocycles. The number of amides is 1. The van der Waals surface area contributed by atoms with Crippen LogP contribution in [-0.4, -0.2) is 47.3 Å². The molecule has 2 aromatic rings. The van der Waals surface area contributed by atoms with Gasteiger partial charge in [-0.1, -0.05) is 0 Å². The summed E-state index contributed by atoms with van der Waals surface area (Å²) in [5.74, 6) is 1.61. The van der Waals surface area contributed by atoms with Crippen molar-refractivity contribution in [2.75, 3.05) is 26.5 Å². The molecule has 2 aliphatic rings. The van der Waals surface area contributed by atoms with Gasteiger partial charge in [0.1, 0.15) is 11.9 Å². The maximum atomic E-state index is 12.8. The largest absolute Gasteiger partial charge is 0.454 e. The van der Waals surface area contributed by atoms with Crippen LogP contribution in [-0.2, 0) is 4.74 Å². The molecular weight excluding hydrogens is 326 g/mol. The van der Waals surface area contributed by atoms with Crippen molar-refractivity contribution in [1.82, 2.24) is 14.9 Å². The van der Waals surface area contributed by atoms with Crippen LogP contribution in [0.1, 0.15) is 28.0 Å². The molecule has 1 atom stereocenters. The van der Waals surface area contributed by atoms with Crippen LogP contribution in [0.15, 0.2) is 29.1 Å². The van der Waals surface area contributed by atoms with Gasteiger partial charge in [0.25, 0.3) is 11.5 Å². The number of carbonyl (C=O) groups is 1. The van der Waals surface area contributed by atoms with Gasteiger partial charge in [0, 0.05) is 18.2 Å². The highest BCUT2D eigenvalue weighted by Crippen LogP contribution is 2.33. The van der Waals surface area contributed by atoms with E-state index in [-0.39, 0.29) is 18.3 Å². The molecule has 0 aliphatic carbocycles. The molecule has 25 heavy (non-hydrogen) atoms. The van der Waals surface area contributed by atoms with Crippen molar-refractivity contribution in [1.29, 1.82) is 0 Å². The first-order chi connectivity index (χ1) is 12.1. The lowest BCUT2D eigenvalue weighted by Gasteiger charge is -2.32. The number of benzene rings is 1. The second-order valence-electron chi connectivity index (χ2n) is 5.93. The van der Waals surface area contributed by atoms with Gasteiger partial charge < -0.3 is 24.1 Å². The van der Waals surface area contributed by atoms with Crippen molar-refractivity contribution in [3.05, 3.63) is 51.7 Å². The van der Waals surface area contributed by atoms with Crippen molar-refractivity contribution >= 4 is 5.91 Å². The van der Waals surface area contributed by atoms with Crippen molar-refractivity contribution in [2.45, 2.75) is 13.0 Å². The summed E-state index contributed by atoms with van der Waals surface area (Å²) in [5.41, 5.74) is 0.828. The number of aryl methyl sites for hydroxylation is 1. The number of nitrogens with one attached hydrogen (secondary N) is 1. The Labute approximate surface area is 143 Å². The molecule has 0 saturated carbocycles. The standard InChI is InChI=1S/C17H17N3O5/c1-10-18-12(7-16(21)19-10)15-8-20(4-5-23-15)17(22)11-2-3-13-14(6-11)25-9-24-13/h2-3,6-7,15H,4-5,8-9H2,1H3,(H,18,19,21)/t15-/m1/s1. The molecule has 8 heteroatoms. The highest BCUT2D eigenvalue weighted by atomic mass is 16.7. The van der Waals surface area contributed by atoms with Crippen LogP contribution in [0.25, 0.3) is 0 Å². The lowest BCUT2D eigenvalue weighted by Crippen LogP contribution is -2.42. The van der Waals surface area contributed by atoms with Gasteiger partial charge in [0.05, 0.1) is 18.8 Å². The Kier molecular flexibility index (Phi) is 3.89. The van der Waals surface area contributed by atoms with Crippen LogP contribution in [0.5, 0.6) is 11.5 Å². The first kappa shape index (κ1) is 15.6. The number of rotatable bonds is 2. The average Bonchev–Trinajstić information content (AvgIpc) is 3.08. The van der Waals surface area contributed by atoms with Gasteiger partial charge in [-0.25, -0.2) is 4.98 Å². The number of hydrogen-bond donors (Lipinski definition) is 1. The molecule has 1 N–H and O–H groups in total. The zero-order chi connectivity index (χ0) is 17.4. The summed E-state index contributed by atoms with van der Waals surface area (Å²) in [7, 11) is 0. The maximum Gasteiger partial charge on any atom is 0.254 e. The number of nitrogens with zero attached hydrogens (tertiary/aromatic N) is 2. The molecule has 1 saturated heterocycles. The molecule has 0 radical (unpaired) electrons. The van der Waals surface area contributed by atoms with Crippen molar-refractivity contribution in [3.63, 3.8) is 0 Å². The van der Waals surface area contributed by atoms with Crippen molar-refractivity contribution in [2.24, 2.45) is 0 Å². The number of aromatic amines is 1. The third-order valence-corrected chi connectivity index (χ3v) is 4.18. The fourth-order valence-corrected chi connectivity index (χ4v) is 2.99. The highest BCUT2D eigenvalue weighted by molar-refractivity contribution is 5.95. The molecule has 1 aromatic heterocycles. The van der Waals surface area contributed by atoms with E-state index in [4.69, 9.17) is 14.2 Å². The van der Waals surface area contributed by atoms with E-state index in [1.165, 1.54) is 6.07 Å². The molecule has 0 unspecified atom stereocenters. The van der Waals surface area contributed by atoms with Crippen LogP contribution >= 0.6 is 0 Å². The second-order valence-corrected chi connectivity index (χ2v) is 5.93. The topological polar surface area (TPSA) is 93.8 Å². The molecule has 4 rings (SSSR count). The Balaban J connectivity index is 1.54.